The van der Waals surface area contributed by atoms with Gasteiger partial charge in [0.1, 0.15) is 24.4 Å². The van der Waals surface area contributed by atoms with Gasteiger partial charge in [-0.25, -0.2) is 0 Å². The highest BCUT2D eigenvalue weighted by molar-refractivity contribution is 6.45. The van der Waals surface area contributed by atoms with Crippen molar-refractivity contribution < 1.29 is 19.1 Å². The number of hydrogen-bond donors (Lipinski definition) is 1. The summed E-state index contributed by atoms with van der Waals surface area (Å²) in [7, 11) is 2.91. The molecule has 3 rings (SSSR count). The minimum atomic E-state index is -0.379. The van der Waals surface area contributed by atoms with Crippen LogP contribution in [0, 0.1) is 0 Å². The summed E-state index contributed by atoms with van der Waals surface area (Å²) in [6.07, 6.45) is 3.50. The van der Waals surface area contributed by atoms with Gasteiger partial charge in [0.2, 0.25) is 0 Å². The van der Waals surface area contributed by atoms with Crippen molar-refractivity contribution >= 4 is 17.7 Å². The van der Waals surface area contributed by atoms with Crippen LogP contribution in [-0.2, 0) is 9.63 Å². The standard InChI is InChI=1S/C24H22N2O4/c1-25-24(27)23(26-28-2)21-13-6-7-14-22(21)30-20-12-8-11-19(17-20)29-16-15-18-9-4-3-5-10-18/h3-17H,1-2H3,(H,25,27)/b16-15+,26-23-. The monoisotopic (exact) mass is 402 g/mol. The molecule has 0 aromatic heterocycles. The Morgan fingerprint density at radius 1 is 0.933 bits per heavy atom. The average Bonchev–Trinajstić information content (AvgIpc) is 2.78. The number of carbonyl (C=O) groups is 1. The second-order valence-corrected chi connectivity index (χ2v) is 6.11. The van der Waals surface area contributed by atoms with Gasteiger partial charge in [-0.2, -0.15) is 0 Å². The fourth-order valence-corrected chi connectivity index (χ4v) is 2.67. The van der Waals surface area contributed by atoms with E-state index in [-0.39, 0.29) is 11.6 Å². The summed E-state index contributed by atoms with van der Waals surface area (Å²) in [5, 5.41) is 6.40. The van der Waals surface area contributed by atoms with Gasteiger partial charge in [0.05, 0.1) is 11.8 Å². The molecule has 0 spiro atoms. The summed E-state index contributed by atoms with van der Waals surface area (Å²) in [6, 6.07) is 24.2. The van der Waals surface area contributed by atoms with E-state index in [1.807, 2.05) is 54.6 Å². The number of likely N-dealkylation sites (N-methyl/N-ethyl adjacent to an activating group) is 1. The van der Waals surface area contributed by atoms with Crippen LogP contribution in [-0.4, -0.2) is 25.8 Å². The Hall–Kier alpha value is -4.06. The Labute approximate surface area is 175 Å². The molecule has 0 aliphatic heterocycles. The molecule has 3 aromatic carbocycles. The molecule has 3 aromatic rings. The van der Waals surface area contributed by atoms with E-state index in [1.54, 1.807) is 36.6 Å². The molecule has 0 saturated carbocycles. The van der Waals surface area contributed by atoms with Gasteiger partial charge in [-0.1, -0.05) is 53.7 Å². The third-order valence-electron chi connectivity index (χ3n) is 4.06. The molecule has 0 bridgehead atoms. The molecule has 0 fully saturated rings. The Balaban J connectivity index is 1.79. The van der Waals surface area contributed by atoms with Gasteiger partial charge >= 0.3 is 0 Å². The zero-order chi connectivity index (χ0) is 21.2. The van der Waals surface area contributed by atoms with Crippen LogP contribution in [0.3, 0.4) is 0 Å². The van der Waals surface area contributed by atoms with E-state index in [0.717, 1.165) is 5.56 Å². The van der Waals surface area contributed by atoms with Gasteiger partial charge in [0, 0.05) is 13.1 Å². The number of amides is 1. The highest BCUT2D eigenvalue weighted by Gasteiger charge is 2.18. The maximum atomic E-state index is 12.2. The minimum absolute atomic E-state index is 0.119. The van der Waals surface area contributed by atoms with E-state index in [1.165, 1.54) is 14.2 Å². The molecule has 0 aliphatic rings. The molecule has 152 valence electrons. The van der Waals surface area contributed by atoms with Crippen LogP contribution in [0.25, 0.3) is 6.08 Å². The minimum Gasteiger partial charge on any atom is -0.465 e. The van der Waals surface area contributed by atoms with Gasteiger partial charge in [-0.15, -0.1) is 0 Å². The van der Waals surface area contributed by atoms with E-state index in [4.69, 9.17) is 14.3 Å². The lowest BCUT2D eigenvalue weighted by atomic mass is 10.1. The van der Waals surface area contributed by atoms with Crippen molar-refractivity contribution in [1.29, 1.82) is 0 Å². The molecule has 0 aliphatic carbocycles. The zero-order valence-corrected chi connectivity index (χ0v) is 16.7. The maximum Gasteiger partial charge on any atom is 0.273 e. The van der Waals surface area contributed by atoms with Crippen LogP contribution >= 0.6 is 0 Å². The first-order valence-corrected chi connectivity index (χ1v) is 9.30. The van der Waals surface area contributed by atoms with Crippen molar-refractivity contribution in [2.75, 3.05) is 14.2 Å². The Morgan fingerprint density at radius 3 is 2.43 bits per heavy atom. The number of ether oxygens (including phenoxy) is 2. The molecule has 1 N–H and O–H groups in total. The second kappa shape index (κ2) is 10.5. The van der Waals surface area contributed by atoms with E-state index in [0.29, 0.717) is 22.8 Å². The number of carbonyl (C=O) groups excluding carboxylic acids is 1. The summed E-state index contributed by atoms with van der Waals surface area (Å²) in [4.78, 5) is 17.0. The third-order valence-corrected chi connectivity index (χ3v) is 4.06. The van der Waals surface area contributed by atoms with Crippen LogP contribution in [0.15, 0.2) is 90.3 Å². The second-order valence-electron chi connectivity index (χ2n) is 6.11. The lowest BCUT2D eigenvalue weighted by Gasteiger charge is -2.12. The molecule has 0 radical (unpaired) electrons. The van der Waals surface area contributed by atoms with E-state index in [9.17, 15) is 4.79 Å². The van der Waals surface area contributed by atoms with Gasteiger partial charge in [-0.05, 0) is 35.9 Å². The first-order valence-electron chi connectivity index (χ1n) is 9.30. The van der Waals surface area contributed by atoms with Crippen molar-refractivity contribution in [3.05, 3.63) is 96.3 Å². The van der Waals surface area contributed by atoms with Crippen LogP contribution in [0.1, 0.15) is 11.1 Å². The number of nitrogens with one attached hydrogen (secondary N) is 1. The predicted octanol–water partition coefficient (Wildman–Crippen LogP) is 4.63. The predicted molar refractivity (Wildman–Crippen MR) is 117 cm³/mol. The Morgan fingerprint density at radius 2 is 1.67 bits per heavy atom. The first kappa shape index (κ1) is 20.7. The largest absolute Gasteiger partial charge is 0.465 e. The fourth-order valence-electron chi connectivity index (χ4n) is 2.67. The summed E-state index contributed by atoms with van der Waals surface area (Å²) in [5.74, 6) is 1.26. The van der Waals surface area contributed by atoms with Crippen molar-refractivity contribution in [3.63, 3.8) is 0 Å². The Kier molecular flexibility index (Phi) is 7.22. The summed E-state index contributed by atoms with van der Waals surface area (Å²) in [5.41, 5.74) is 1.67. The van der Waals surface area contributed by atoms with Gasteiger partial charge < -0.3 is 19.6 Å². The first-order chi connectivity index (χ1) is 14.7. The van der Waals surface area contributed by atoms with E-state index >= 15 is 0 Å². The highest BCUT2D eigenvalue weighted by Crippen LogP contribution is 2.28. The molecular formula is C24H22N2O4. The van der Waals surface area contributed by atoms with Crippen molar-refractivity contribution in [2.45, 2.75) is 0 Å². The number of hydrogen-bond acceptors (Lipinski definition) is 5. The van der Waals surface area contributed by atoms with E-state index in [2.05, 4.69) is 10.5 Å². The van der Waals surface area contributed by atoms with Gasteiger partial charge in [0.25, 0.3) is 5.91 Å². The number of para-hydroxylation sites is 1. The van der Waals surface area contributed by atoms with Crippen LogP contribution in [0.5, 0.6) is 17.2 Å². The normalized spacial score (nSPS) is 11.2. The van der Waals surface area contributed by atoms with Gasteiger partial charge in [-0.3, -0.25) is 4.79 Å². The number of rotatable bonds is 8. The van der Waals surface area contributed by atoms with E-state index < -0.39 is 0 Å². The molecular weight excluding hydrogens is 380 g/mol. The summed E-state index contributed by atoms with van der Waals surface area (Å²) in [6.45, 7) is 0. The number of benzene rings is 3. The topological polar surface area (TPSA) is 69.2 Å². The number of nitrogens with zero attached hydrogens (tertiary/aromatic N) is 1. The van der Waals surface area contributed by atoms with Crippen LogP contribution in [0.2, 0.25) is 0 Å². The van der Waals surface area contributed by atoms with Gasteiger partial charge in [0.15, 0.2) is 5.71 Å². The maximum absolute atomic E-state index is 12.2. The van der Waals surface area contributed by atoms with Crippen molar-refractivity contribution in [2.24, 2.45) is 5.16 Å². The SMILES string of the molecule is CNC(=O)/C(=N\OC)c1ccccc1Oc1cccc(O/C=C/c2ccccc2)c1. The summed E-state index contributed by atoms with van der Waals surface area (Å²) < 4.78 is 11.7. The molecule has 6 nitrogen and oxygen atoms in total. The molecule has 0 unspecified atom stereocenters. The summed E-state index contributed by atoms with van der Waals surface area (Å²) >= 11 is 0. The average molecular weight is 402 g/mol. The number of oxime groups is 1. The fraction of sp³-hybridized carbons (Fsp3) is 0.0833. The molecule has 6 heteroatoms. The van der Waals surface area contributed by atoms with Crippen molar-refractivity contribution in [1.82, 2.24) is 5.32 Å². The molecule has 30 heavy (non-hydrogen) atoms. The molecule has 1 amide bonds. The quantitative estimate of drug-likeness (QED) is 0.339. The van der Waals surface area contributed by atoms with Crippen molar-refractivity contribution in [3.8, 4) is 17.2 Å². The molecule has 0 saturated heterocycles. The zero-order valence-electron chi connectivity index (χ0n) is 16.7. The lowest BCUT2D eigenvalue weighted by Crippen LogP contribution is -2.28. The molecule has 0 atom stereocenters. The molecule has 0 heterocycles. The lowest BCUT2D eigenvalue weighted by molar-refractivity contribution is -0.114. The third kappa shape index (κ3) is 5.48. The smallest absolute Gasteiger partial charge is 0.273 e. The van der Waals surface area contributed by atoms with Crippen LogP contribution < -0.4 is 14.8 Å². The highest BCUT2D eigenvalue weighted by atomic mass is 16.6. The van der Waals surface area contributed by atoms with Crippen LogP contribution in [0.4, 0.5) is 0 Å². The Bertz CT molecular complexity index is 1050.